The maximum absolute atomic E-state index is 11.2. The van der Waals surface area contributed by atoms with Gasteiger partial charge in [0.1, 0.15) is 23.0 Å². The zero-order valence-electron chi connectivity index (χ0n) is 44.5. The van der Waals surface area contributed by atoms with Crippen LogP contribution in [0.1, 0.15) is 233 Å². The molecule has 350 valence electrons. The Kier molecular flexibility index (Phi) is 15.1. The molecular formula is C59H90O4. The lowest BCUT2D eigenvalue weighted by molar-refractivity contribution is 0.432. The lowest BCUT2D eigenvalue weighted by atomic mass is 9.76. The van der Waals surface area contributed by atoms with Gasteiger partial charge in [-0.1, -0.05) is 215 Å². The minimum absolute atomic E-state index is 0.00382. The van der Waals surface area contributed by atoms with E-state index in [1.165, 1.54) is 22.3 Å². The van der Waals surface area contributed by atoms with E-state index in [9.17, 15) is 20.4 Å². The first-order valence-electron chi connectivity index (χ1n) is 23.4. The second-order valence-corrected chi connectivity index (χ2v) is 26.8. The fraction of sp³-hybridized carbons (Fsp3) is 0.593. The average Bonchev–Trinajstić information content (AvgIpc) is 3.06. The normalized spacial score (nSPS) is 13.5. The van der Waals surface area contributed by atoms with E-state index in [1.807, 2.05) is 0 Å². The van der Waals surface area contributed by atoms with E-state index in [-0.39, 0.29) is 43.3 Å². The molecule has 0 bridgehead atoms. The highest BCUT2D eigenvalue weighted by atomic mass is 16.3. The summed E-state index contributed by atoms with van der Waals surface area (Å²) in [6, 6.07) is 17.1. The molecule has 4 N–H and O–H groups in total. The van der Waals surface area contributed by atoms with Gasteiger partial charge in [0, 0.05) is 6.42 Å². The lowest BCUT2D eigenvalue weighted by Gasteiger charge is -2.29. The van der Waals surface area contributed by atoms with Crippen LogP contribution in [0.25, 0.3) is 0 Å². The Morgan fingerprint density at radius 3 is 0.603 bits per heavy atom. The molecule has 4 rings (SSSR count). The number of aryl methyl sites for hydroxylation is 2. The number of hydrogen-bond donors (Lipinski definition) is 4. The molecule has 4 aromatic carbocycles. The summed E-state index contributed by atoms with van der Waals surface area (Å²) in [5.74, 6) is 1.48. The maximum Gasteiger partial charge on any atom is 0.122 e. The summed E-state index contributed by atoms with van der Waals surface area (Å²) in [6.07, 6.45) is 1.87. The molecule has 4 aromatic rings. The minimum Gasteiger partial charge on any atom is -0.507 e. The molecule has 4 heteroatoms. The molecule has 0 heterocycles. The zero-order valence-corrected chi connectivity index (χ0v) is 44.5. The summed E-state index contributed by atoms with van der Waals surface area (Å²) in [6.45, 7) is 52.1. The van der Waals surface area contributed by atoms with Gasteiger partial charge in [0.05, 0.1) is 0 Å². The second-order valence-electron chi connectivity index (χ2n) is 26.8. The van der Waals surface area contributed by atoms with Crippen molar-refractivity contribution in [2.45, 2.75) is 229 Å². The van der Waals surface area contributed by atoms with E-state index < -0.39 is 0 Å². The van der Waals surface area contributed by atoms with Crippen molar-refractivity contribution < 1.29 is 20.4 Å². The number of aromatic hydroxyl groups is 4. The molecule has 0 unspecified atom stereocenters. The van der Waals surface area contributed by atoms with Gasteiger partial charge in [-0.15, -0.1) is 0 Å². The van der Waals surface area contributed by atoms with Crippen molar-refractivity contribution in [3.05, 3.63) is 115 Å². The third kappa shape index (κ3) is 13.3. The van der Waals surface area contributed by atoms with Crippen molar-refractivity contribution in [1.82, 2.24) is 0 Å². The van der Waals surface area contributed by atoms with Gasteiger partial charge < -0.3 is 20.4 Å². The highest BCUT2D eigenvalue weighted by Crippen LogP contribution is 2.44. The van der Waals surface area contributed by atoms with Crippen LogP contribution in [0.3, 0.4) is 0 Å². The molecule has 0 amide bonds. The molecule has 0 aliphatic rings. The van der Waals surface area contributed by atoms with Crippen molar-refractivity contribution in [3.8, 4) is 23.0 Å². The fourth-order valence-electron chi connectivity index (χ4n) is 7.92. The first kappa shape index (κ1) is 53.4. The van der Waals surface area contributed by atoms with Crippen LogP contribution in [0.5, 0.6) is 23.0 Å². The summed E-state index contributed by atoms with van der Waals surface area (Å²) in [4.78, 5) is 0. The van der Waals surface area contributed by atoms with E-state index in [0.717, 1.165) is 44.5 Å². The number of hydrogen-bond acceptors (Lipinski definition) is 4. The molecule has 0 atom stereocenters. The molecule has 0 aliphatic carbocycles. The summed E-state index contributed by atoms with van der Waals surface area (Å²) >= 11 is 0. The van der Waals surface area contributed by atoms with Gasteiger partial charge in [-0.3, -0.25) is 0 Å². The summed E-state index contributed by atoms with van der Waals surface area (Å²) < 4.78 is 0. The van der Waals surface area contributed by atoms with E-state index in [2.05, 4.69) is 215 Å². The van der Waals surface area contributed by atoms with Crippen LogP contribution in [0.15, 0.2) is 48.5 Å². The van der Waals surface area contributed by atoms with Gasteiger partial charge in [0.2, 0.25) is 0 Å². The van der Waals surface area contributed by atoms with E-state index in [4.69, 9.17) is 0 Å². The van der Waals surface area contributed by atoms with Crippen LogP contribution in [0, 0.1) is 0 Å². The molecule has 0 saturated carbocycles. The van der Waals surface area contributed by atoms with Crippen LogP contribution >= 0.6 is 0 Å². The number of phenols is 4. The Balaban J connectivity index is 0.000000335. The summed E-state index contributed by atoms with van der Waals surface area (Å²) in [7, 11) is 0. The van der Waals surface area contributed by atoms with Crippen LogP contribution < -0.4 is 0 Å². The predicted molar refractivity (Wildman–Crippen MR) is 272 cm³/mol. The molecule has 0 radical (unpaired) electrons. The minimum atomic E-state index is -0.175. The van der Waals surface area contributed by atoms with Gasteiger partial charge in [-0.05, 0) is 123 Å². The molecular weight excluding hydrogens is 773 g/mol. The predicted octanol–water partition coefficient (Wildman–Crippen LogP) is 16.0. The Morgan fingerprint density at radius 1 is 0.254 bits per heavy atom. The topological polar surface area (TPSA) is 80.9 Å². The molecule has 63 heavy (non-hydrogen) atoms. The van der Waals surface area contributed by atoms with Gasteiger partial charge in [-0.25, -0.2) is 0 Å². The number of benzene rings is 4. The van der Waals surface area contributed by atoms with E-state index in [1.54, 1.807) is 0 Å². The summed E-state index contributed by atoms with van der Waals surface area (Å²) in [5, 5.41) is 44.8. The Hall–Kier alpha value is -3.92. The van der Waals surface area contributed by atoms with Gasteiger partial charge in [0.25, 0.3) is 0 Å². The quantitative estimate of drug-likeness (QED) is 0.161. The third-order valence-corrected chi connectivity index (χ3v) is 12.5. The highest BCUT2D eigenvalue weighted by molar-refractivity contribution is 5.55. The molecule has 0 fully saturated rings. The number of phenolic OH excluding ortho intramolecular Hbond substituents is 4. The van der Waals surface area contributed by atoms with Crippen molar-refractivity contribution in [2.75, 3.05) is 0 Å². The Bertz CT molecular complexity index is 2080. The van der Waals surface area contributed by atoms with Crippen molar-refractivity contribution in [3.63, 3.8) is 0 Å². The molecule has 0 spiro atoms. The first-order chi connectivity index (χ1) is 28.0. The zero-order chi connectivity index (χ0) is 49.0. The molecule has 4 nitrogen and oxygen atoms in total. The lowest BCUT2D eigenvalue weighted by Crippen LogP contribution is -2.18. The average molecular weight is 863 g/mol. The van der Waals surface area contributed by atoms with Crippen molar-refractivity contribution in [2.24, 2.45) is 0 Å². The van der Waals surface area contributed by atoms with Gasteiger partial charge >= 0.3 is 0 Å². The largest absolute Gasteiger partial charge is 0.507 e. The van der Waals surface area contributed by atoms with E-state index >= 15 is 0 Å². The van der Waals surface area contributed by atoms with Crippen LogP contribution in [-0.2, 0) is 62.6 Å². The standard InChI is InChI=1S/C30H46O2.C29H44O2/c1-27(2,3)21-15-19(25(31)23(17-21)29(7,8)9)13-14-20-16-22(28(4,5)6)18-24(26(20)32)30(10,11)12;1-26(2,3)20-14-18(24(30)22(16-20)28(7,8)9)13-19-15-21(27(4,5)6)17-23(25(19)31)29(10,11)12/h15-18,31-32H,13-14H2,1-12H3;14-17,30-31H,13H2,1-12H3. The first-order valence-corrected chi connectivity index (χ1v) is 23.4. The highest BCUT2D eigenvalue weighted by Gasteiger charge is 2.30. The molecule has 0 saturated heterocycles. The smallest absolute Gasteiger partial charge is 0.122 e. The van der Waals surface area contributed by atoms with Crippen LogP contribution in [0.2, 0.25) is 0 Å². The maximum atomic E-state index is 11.2. The Labute approximate surface area is 386 Å². The molecule has 0 aromatic heterocycles. The number of rotatable bonds is 5. The SMILES string of the molecule is CC(C)(C)c1cc(CCc2cc(C(C)(C)C)cc(C(C)(C)C)c2O)c(O)c(C(C)(C)C)c1.CC(C)(C)c1cc(Cc2cc(C(C)(C)C)cc(C(C)(C)C)c2O)c(O)c(C(C)(C)C)c1. The van der Waals surface area contributed by atoms with Gasteiger partial charge in [-0.2, -0.15) is 0 Å². The summed E-state index contributed by atoms with van der Waals surface area (Å²) in [5.41, 5.74) is 11.7. The van der Waals surface area contributed by atoms with E-state index in [0.29, 0.717) is 42.3 Å². The third-order valence-electron chi connectivity index (χ3n) is 12.5. The van der Waals surface area contributed by atoms with Crippen LogP contribution in [0.4, 0.5) is 0 Å². The van der Waals surface area contributed by atoms with Gasteiger partial charge in [0.15, 0.2) is 0 Å². The second kappa shape index (κ2) is 17.8. The van der Waals surface area contributed by atoms with Crippen molar-refractivity contribution >= 4 is 0 Å². The monoisotopic (exact) mass is 863 g/mol. The fourth-order valence-corrected chi connectivity index (χ4v) is 7.92. The van der Waals surface area contributed by atoms with Crippen LogP contribution in [-0.4, -0.2) is 20.4 Å². The molecule has 0 aliphatic heterocycles. The Morgan fingerprint density at radius 2 is 0.429 bits per heavy atom. The van der Waals surface area contributed by atoms with Crippen molar-refractivity contribution in [1.29, 1.82) is 0 Å².